The molecule has 0 atom stereocenters. The highest BCUT2D eigenvalue weighted by Crippen LogP contribution is 2.12. The molecule has 1 heterocycles. The molecule has 0 N–H and O–H groups in total. The summed E-state index contributed by atoms with van der Waals surface area (Å²) in [6, 6.07) is 10.8. The minimum atomic E-state index is 1.10. The van der Waals surface area contributed by atoms with E-state index >= 15 is 0 Å². The summed E-state index contributed by atoms with van der Waals surface area (Å²) in [6.07, 6.45) is 4.82. The predicted molar refractivity (Wildman–Crippen MR) is 64.7 cm³/mol. The van der Waals surface area contributed by atoms with E-state index in [-0.39, 0.29) is 0 Å². The van der Waals surface area contributed by atoms with E-state index in [1.54, 1.807) is 5.57 Å². The molecule has 0 saturated carbocycles. The van der Waals surface area contributed by atoms with Gasteiger partial charge in [0.1, 0.15) is 0 Å². The number of nitrogens with zero attached hydrogens (tertiary/aromatic N) is 1. The first-order valence-electron chi connectivity index (χ1n) is 5.76. The van der Waals surface area contributed by atoms with Gasteiger partial charge in [-0.05, 0) is 25.3 Å². The van der Waals surface area contributed by atoms with Gasteiger partial charge in [-0.25, -0.2) is 0 Å². The second kappa shape index (κ2) is 5.13. The van der Waals surface area contributed by atoms with Crippen molar-refractivity contribution < 1.29 is 0 Å². The van der Waals surface area contributed by atoms with Gasteiger partial charge in [0, 0.05) is 19.6 Å². The summed E-state index contributed by atoms with van der Waals surface area (Å²) >= 11 is 0. The van der Waals surface area contributed by atoms with E-state index in [2.05, 4.69) is 48.2 Å². The summed E-state index contributed by atoms with van der Waals surface area (Å²) in [6.45, 7) is 5.75. The van der Waals surface area contributed by atoms with Crippen LogP contribution in [0.1, 0.15) is 25.3 Å². The van der Waals surface area contributed by atoms with Crippen LogP contribution in [0.15, 0.2) is 42.0 Å². The fourth-order valence-electron chi connectivity index (χ4n) is 2.04. The Hall–Kier alpha value is -1.08. The molecule has 80 valence electrons. The van der Waals surface area contributed by atoms with Crippen LogP contribution in [0.2, 0.25) is 0 Å². The van der Waals surface area contributed by atoms with E-state index in [1.165, 1.54) is 31.5 Å². The van der Waals surface area contributed by atoms with Crippen LogP contribution >= 0.6 is 0 Å². The van der Waals surface area contributed by atoms with Crippen LogP contribution < -0.4 is 0 Å². The molecule has 1 aromatic rings. The fraction of sp³-hybridized carbons (Fsp3) is 0.429. The van der Waals surface area contributed by atoms with Gasteiger partial charge in [-0.1, -0.05) is 42.0 Å². The Morgan fingerprint density at radius 3 is 2.73 bits per heavy atom. The van der Waals surface area contributed by atoms with Crippen molar-refractivity contribution in [2.45, 2.75) is 26.3 Å². The first-order chi connectivity index (χ1) is 7.34. The van der Waals surface area contributed by atoms with Gasteiger partial charge in [0.25, 0.3) is 0 Å². The van der Waals surface area contributed by atoms with Crippen molar-refractivity contribution in [3.63, 3.8) is 0 Å². The maximum atomic E-state index is 2.54. The number of hydrogen-bond acceptors (Lipinski definition) is 1. The van der Waals surface area contributed by atoms with Gasteiger partial charge in [-0.15, -0.1) is 0 Å². The van der Waals surface area contributed by atoms with E-state index < -0.39 is 0 Å². The molecule has 0 fully saturated rings. The molecule has 15 heavy (non-hydrogen) atoms. The van der Waals surface area contributed by atoms with Gasteiger partial charge in [0.15, 0.2) is 0 Å². The van der Waals surface area contributed by atoms with Gasteiger partial charge in [0.2, 0.25) is 0 Å². The lowest BCUT2D eigenvalue weighted by Crippen LogP contribution is -2.24. The Morgan fingerprint density at radius 2 is 1.93 bits per heavy atom. The Balaban J connectivity index is 1.91. The van der Waals surface area contributed by atoms with Gasteiger partial charge >= 0.3 is 0 Å². The molecular weight excluding hydrogens is 182 g/mol. The quantitative estimate of drug-likeness (QED) is 0.664. The fourth-order valence-corrected chi connectivity index (χ4v) is 2.04. The smallest absolute Gasteiger partial charge is 0.0233 e. The van der Waals surface area contributed by atoms with E-state index in [0.717, 1.165) is 6.54 Å². The summed E-state index contributed by atoms with van der Waals surface area (Å²) in [5, 5.41) is 0. The maximum Gasteiger partial charge on any atom is 0.0233 e. The molecule has 0 saturated heterocycles. The van der Waals surface area contributed by atoms with Crippen LogP contribution in [0.4, 0.5) is 0 Å². The minimum absolute atomic E-state index is 1.10. The third-order valence-electron chi connectivity index (χ3n) is 3.01. The molecule has 0 unspecified atom stereocenters. The van der Waals surface area contributed by atoms with Gasteiger partial charge in [-0.2, -0.15) is 0 Å². The second-order valence-corrected chi connectivity index (χ2v) is 4.35. The molecule has 0 aromatic heterocycles. The average Bonchev–Trinajstić information content (AvgIpc) is 2.46. The molecule has 1 aliphatic heterocycles. The van der Waals surface area contributed by atoms with Gasteiger partial charge < -0.3 is 0 Å². The molecule has 1 nitrogen and oxygen atoms in total. The van der Waals surface area contributed by atoms with Crippen LogP contribution in [0.25, 0.3) is 0 Å². The average molecular weight is 201 g/mol. The van der Waals surface area contributed by atoms with Crippen molar-refractivity contribution in [3.05, 3.63) is 47.5 Å². The first kappa shape index (κ1) is 10.4. The molecule has 0 radical (unpaired) electrons. The summed E-state index contributed by atoms with van der Waals surface area (Å²) in [5.41, 5.74) is 2.97. The molecule has 0 spiro atoms. The molecule has 2 rings (SSSR count). The van der Waals surface area contributed by atoms with E-state index in [1.807, 2.05) is 0 Å². The Labute approximate surface area is 92.4 Å². The van der Waals surface area contributed by atoms with Crippen molar-refractivity contribution in [1.29, 1.82) is 0 Å². The highest BCUT2D eigenvalue weighted by atomic mass is 15.1. The Kier molecular flexibility index (Phi) is 3.57. The zero-order valence-corrected chi connectivity index (χ0v) is 9.45. The van der Waals surface area contributed by atoms with E-state index in [0.29, 0.717) is 0 Å². The molecule has 0 aliphatic carbocycles. The summed E-state index contributed by atoms with van der Waals surface area (Å²) < 4.78 is 0. The summed E-state index contributed by atoms with van der Waals surface area (Å²) in [7, 11) is 0. The Bertz CT molecular complexity index is 326. The Morgan fingerprint density at radius 1 is 1.13 bits per heavy atom. The van der Waals surface area contributed by atoms with Crippen LogP contribution in [-0.4, -0.2) is 18.0 Å². The highest BCUT2D eigenvalue weighted by molar-refractivity contribution is 5.14. The van der Waals surface area contributed by atoms with Gasteiger partial charge in [-0.3, -0.25) is 4.90 Å². The molecule has 1 heteroatoms. The lowest BCUT2D eigenvalue weighted by Gasteiger charge is -2.19. The van der Waals surface area contributed by atoms with E-state index in [9.17, 15) is 0 Å². The van der Waals surface area contributed by atoms with Crippen LogP contribution in [-0.2, 0) is 6.54 Å². The highest BCUT2D eigenvalue weighted by Gasteiger charge is 2.08. The maximum absolute atomic E-state index is 2.54. The van der Waals surface area contributed by atoms with Crippen molar-refractivity contribution in [2.75, 3.05) is 13.1 Å². The van der Waals surface area contributed by atoms with E-state index in [4.69, 9.17) is 0 Å². The molecular formula is C14H19N. The topological polar surface area (TPSA) is 3.24 Å². The zero-order chi connectivity index (χ0) is 10.5. The minimum Gasteiger partial charge on any atom is -0.298 e. The zero-order valence-electron chi connectivity index (χ0n) is 9.45. The summed E-state index contributed by atoms with van der Waals surface area (Å²) in [5.74, 6) is 0. The second-order valence-electron chi connectivity index (χ2n) is 4.35. The number of rotatable bonds is 2. The number of hydrogen-bond donors (Lipinski definition) is 0. The SMILES string of the molecule is CC1=CCCN(Cc2ccccc2)CC1. The van der Waals surface area contributed by atoms with Crippen LogP contribution in [0.5, 0.6) is 0 Å². The van der Waals surface area contributed by atoms with Crippen molar-refractivity contribution in [1.82, 2.24) is 4.90 Å². The van der Waals surface area contributed by atoms with Crippen molar-refractivity contribution in [2.24, 2.45) is 0 Å². The monoisotopic (exact) mass is 201 g/mol. The third-order valence-corrected chi connectivity index (χ3v) is 3.01. The lowest BCUT2D eigenvalue weighted by atomic mass is 10.2. The molecule has 0 amide bonds. The largest absolute Gasteiger partial charge is 0.298 e. The molecule has 0 bridgehead atoms. The normalized spacial score (nSPS) is 18.3. The molecule has 1 aliphatic rings. The van der Waals surface area contributed by atoms with Crippen LogP contribution in [0.3, 0.4) is 0 Å². The molecule has 1 aromatic carbocycles. The van der Waals surface area contributed by atoms with Crippen molar-refractivity contribution in [3.8, 4) is 0 Å². The third kappa shape index (κ3) is 3.21. The van der Waals surface area contributed by atoms with Gasteiger partial charge in [0.05, 0.1) is 0 Å². The predicted octanol–water partition coefficient (Wildman–Crippen LogP) is 3.23. The number of benzene rings is 1. The standard InChI is InChI=1S/C14H19N/c1-13-6-5-10-15(11-9-13)12-14-7-3-2-4-8-14/h2-4,6-8H,5,9-12H2,1H3. The first-order valence-corrected chi connectivity index (χ1v) is 5.76. The van der Waals surface area contributed by atoms with Crippen molar-refractivity contribution >= 4 is 0 Å². The lowest BCUT2D eigenvalue weighted by molar-refractivity contribution is 0.279. The summed E-state index contributed by atoms with van der Waals surface area (Å²) in [4.78, 5) is 2.54. The van der Waals surface area contributed by atoms with Crippen LogP contribution in [0, 0.1) is 0 Å².